The first-order chi connectivity index (χ1) is 15.1. The van der Waals surface area contributed by atoms with E-state index < -0.39 is 58.7 Å². The molecule has 0 fully saturated rings. The summed E-state index contributed by atoms with van der Waals surface area (Å²) in [5.41, 5.74) is -0.552. The number of esters is 1. The van der Waals surface area contributed by atoms with Crippen LogP contribution in [-0.4, -0.2) is 46.2 Å². The van der Waals surface area contributed by atoms with Gasteiger partial charge >= 0.3 is 11.7 Å². The first-order valence-corrected chi connectivity index (χ1v) is 9.49. The Morgan fingerprint density at radius 2 is 1.72 bits per heavy atom. The molecule has 0 aliphatic carbocycles. The van der Waals surface area contributed by atoms with Gasteiger partial charge in [-0.1, -0.05) is 26.0 Å². The van der Waals surface area contributed by atoms with Gasteiger partial charge < -0.3 is 10.1 Å². The van der Waals surface area contributed by atoms with Crippen LogP contribution < -0.4 is 5.32 Å². The smallest absolute Gasteiger partial charge is 0.330 e. The maximum absolute atomic E-state index is 13.4. The number of ether oxygens (including phenoxy) is 1. The molecule has 0 bridgehead atoms. The molecule has 1 aliphatic rings. The summed E-state index contributed by atoms with van der Waals surface area (Å²) in [5.74, 6) is -4.65. The second-order valence-electron chi connectivity index (χ2n) is 7.29. The van der Waals surface area contributed by atoms with Gasteiger partial charge in [0.1, 0.15) is 6.04 Å². The number of carbonyl (C=O) groups is 4. The molecule has 10 nitrogen and oxygen atoms in total. The number of benzene rings is 2. The van der Waals surface area contributed by atoms with Crippen LogP contribution in [0.25, 0.3) is 0 Å². The van der Waals surface area contributed by atoms with Gasteiger partial charge in [-0.05, 0) is 30.2 Å². The van der Waals surface area contributed by atoms with E-state index >= 15 is 0 Å². The van der Waals surface area contributed by atoms with Gasteiger partial charge in [0.2, 0.25) is 5.82 Å². The number of hydrogen-bond donors (Lipinski definition) is 1. The van der Waals surface area contributed by atoms with E-state index in [4.69, 9.17) is 4.74 Å². The van der Waals surface area contributed by atoms with Crippen LogP contribution in [0.15, 0.2) is 42.5 Å². The molecule has 1 N–H and O–H groups in total. The lowest BCUT2D eigenvalue weighted by Crippen LogP contribution is -2.49. The Bertz CT molecular complexity index is 1100. The predicted molar refractivity (Wildman–Crippen MR) is 108 cm³/mol. The molecule has 2 aromatic rings. The van der Waals surface area contributed by atoms with Gasteiger partial charge in [0.25, 0.3) is 17.7 Å². The quantitative estimate of drug-likeness (QED) is 0.301. The normalized spacial score (nSPS) is 13.7. The van der Waals surface area contributed by atoms with Crippen molar-refractivity contribution in [1.82, 2.24) is 4.90 Å². The lowest BCUT2D eigenvalue weighted by Gasteiger charge is -2.27. The summed E-state index contributed by atoms with van der Waals surface area (Å²) in [4.78, 5) is 60.8. The number of carbonyl (C=O) groups excluding carboxylic acids is 4. The van der Waals surface area contributed by atoms with Crippen LogP contribution in [0.2, 0.25) is 0 Å². The molecule has 11 heteroatoms. The van der Waals surface area contributed by atoms with Crippen molar-refractivity contribution < 1.29 is 33.2 Å². The number of halogens is 1. The van der Waals surface area contributed by atoms with Gasteiger partial charge in [-0.25, -0.2) is 4.79 Å². The molecule has 0 spiro atoms. The van der Waals surface area contributed by atoms with Crippen molar-refractivity contribution in [2.24, 2.45) is 5.92 Å². The maximum Gasteiger partial charge on any atom is 0.330 e. The Kier molecular flexibility index (Phi) is 6.28. The van der Waals surface area contributed by atoms with Crippen LogP contribution >= 0.6 is 0 Å². The van der Waals surface area contributed by atoms with Crippen molar-refractivity contribution in [3.8, 4) is 0 Å². The van der Waals surface area contributed by atoms with Crippen LogP contribution in [0, 0.1) is 21.8 Å². The molecule has 1 aliphatic heterocycles. The van der Waals surface area contributed by atoms with E-state index in [1.165, 1.54) is 12.1 Å². The highest BCUT2D eigenvalue weighted by Crippen LogP contribution is 2.27. The fourth-order valence-corrected chi connectivity index (χ4v) is 3.29. The monoisotopic (exact) mass is 443 g/mol. The van der Waals surface area contributed by atoms with Crippen molar-refractivity contribution in [3.05, 3.63) is 69.5 Å². The summed E-state index contributed by atoms with van der Waals surface area (Å²) in [6, 6.07) is 7.64. The van der Waals surface area contributed by atoms with Crippen LogP contribution in [0.4, 0.5) is 15.8 Å². The van der Waals surface area contributed by atoms with Crippen molar-refractivity contribution in [3.63, 3.8) is 0 Å². The number of nitrogens with one attached hydrogen (secondary N) is 1. The fraction of sp³-hybridized carbons (Fsp3) is 0.238. The minimum Gasteiger partial charge on any atom is -0.454 e. The van der Waals surface area contributed by atoms with Crippen molar-refractivity contribution in [2.45, 2.75) is 19.9 Å². The topological polar surface area (TPSA) is 136 Å². The number of nitrogens with zero attached hydrogens (tertiary/aromatic N) is 2. The number of nitro benzene ring substituents is 1. The zero-order valence-corrected chi connectivity index (χ0v) is 17.0. The Hall–Kier alpha value is -4.15. The molecule has 1 heterocycles. The number of fused-ring (bicyclic) bond motifs is 1. The Morgan fingerprint density at radius 1 is 1.12 bits per heavy atom. The molecule has 0 radical (unpaired) electrons. The molecule has 2 aromatic carbocycles. The van der Waals surface area contributed by atoms with Crippen molar-refractivity contribution in [2.75, 3.05) is 11.9 Å². The average Bonchev–Trinajstić information content (AvgIpc) is 2.99. The molecule has 1 atom stereocenters. The molecular formula is C21H18FN3O7. The highest BCUT2D eigenvalue weighted by molar-refractivity contribution is 6.22. The van der Waals surface area contributed by atoms with E-state index in [9.17, 15) is 33.7 Å². The molecular weight excluding hydrogens is 425 g/mol. The first-order valence-electron chi connectivity index (χ1n) is 9.49. The van der Waals surface area contributed by atoms with E-state index in [-0.39, 0.29) is 16.8 Å². The summed E-state index contributed by atoms with van der Waals surface area (Å²) in [6.07, 6.45) is 0. The third-order valence-electron chi connectivity index (χ3n) is 4.75. The third-order valence-corrected chi connectivity index (χ3v) is 4.75. The predicted octanol–water partition coefficient (Wildman–Crippen LogP) is 2.54. The van der Waals surface area contributed by atoms with E-state index in [0.717, 1.165) is 23.1 Å². The lowest BCUT2D eigenvalue weighted by molar-refractivity contribution is -0.387. The van der Waals surface area contributed by atoms with Crippen molar-refractivity contribution >= 4 is 35.1 Å². The minimum atomic E-state index is -1.26. The molecule has 3 amide bonds. The number of nitro groups is 1. The van der Waals surface area contributed by atoms with E-state index in [1.54, 1.807) is 26.0 Å². The van der Waals surface area contributed by atoms with Crippen molar-refractivity contribution in [1.29, 1.82) is 0 Å². The number of hydrogen-bond acceptors (Lipinski definition) is 7. The van der Waals surface area contributed by atoms with E-state index in [1.807, 2.05) is 0 Å². The highest BCUT2D eigenvalue weighted by atomic mass is 19.1. The van der Waals surface area contributed by atoms with Crippen LogP contribution in [-0.2, 0) is 14.3 Å². The Morgan fingerprint density at radius 3 is 2.25 bits per heavy atom. The van der Waals surface area contributed by atoms with Gasteiger partial charge in [-0.2, -0.15) is 4.39 Å². The largest absolute Gasteiger partial charge is 0.454 e. The van der Waals surface area contributed by atoms with Gasteiger partial charge in [0.05, 0.1) is 16.1 Å². The lowest BCUT2D eigenvalue weighted by atomic mass is 10.0. The number of anilines is 1. The Labute approximate surface area is 181 Å². The van der Waals surface area contributed by atoms with Crippen LogP contribution in [0.5, 0.6) is 0 Å². The second-order valence-corrected chi connectivity index (χ2v) is 7.29. The average molecular weight is 443 g/mol. The first kappa shape index (κ1) is 22.5. The fourth-order valence-electron chi connectivity index (χ4n) is 3.29. The number of amides is 3. The second kappa shape index (κ2) is 8.92. The summed E-state index contributed by atoms with van der Waals surface area (Å²) < 4.78 is 18.4. The Balaban J connectivity index is 1.68. The maximum atomic E-state index is 13.4. The summed E-state index contributed by atoms with van der Waals surface area (Å²) in [7, 11) is 0. The van der Waals surface area contributed by atoms with E-state index in [0.29, 0.717) is 0 Å². The molecule has 0 unspecified atom stereocenters. The zero-order valence-electron chi connectivity index (χ0n) is 17.0. The third kappa shape index (κ3) is 4.31. The zero-order chi connectivity index (χ0) is 23.6. The van der Waals surface area contributed by atoms with E-state index in [2.05, 4.69) is 5.32 Å². The van der Waals surface area contributed by atoms with Crippen LogP contribution in [0.3, 0.4) is 0 Å². The van der Waals surface area contributed by atoms with Gasteiger partial charge in [-0.15, -0.1) is 0 Å². The number of imide groups is 1. The molecule has 0 aromatic heterocycles. The van der Waals surface area contributed by atoms with Crippen LogP contribution in [0.1, 0.15) is 34.6 Å². The van der Waals surface area contributed by atoms with Gasteiger partial charge in [-0.3, -0.25) is 29.4 Å². The SMILES string of the molecule is CC(C)[C@@H](C(=O)OCC(=O)Nc1ccc(F)c([N+](=O)[O-])c1)N1C(=O)c2ccccc2C1=O. The standard InChI is InChI=1S/C21H18FN3O7/c1-11(2)18(24-19(27)13-5-3-4-6-14(13)20(24)28)21(29)32-10-17(26)23-12-7-8-15(22)16(9-12)25(30)31/h3-9,11,18H,10H2,1-2H3,(H,23,26)/t18-/m0/s1. The van der Waals surface area contributed by atoms with Gasteiger partial charge in [0, 0.05) is 11.8 Å². The van der Waals surface area contributed by atoms with Gasteiger partial charge in [0.15, 0.2) is 6.61 Å². The molecule has 0 saturated heterocycles. The number of rotatable bonds is 7. The minimum absolute atomic E-state index is 0.0695. The summed E-state index contributed by atoms with van der Waals surface area (Å²) >= 11 is 0. The summed E-state index contributed by atoms with van der Waals surface area (Å²) in [5, 5.41) is 13.1. The molecule has 0 saturated carbocycles. The highest BCUT2D eigenvalue weighted by Gasteiger charge is 2.44. The molecule has 166 valence electrons. The summed E-state index contributed by atoms with van der Waals surface area (Å²) in [6.45, 7) is 2.46. The molecule has 3 rings (SSSR count). The molecule has 32 heavy (non-hydrogen) atoms.